The number of aliphatic hydroxyl groups excluding tert-OH is 1. The molecule has 5 nitrogen and oxygen atoms in total. The maximum absolute atomic E-state index is 9.64. The molecule has 0 amide bonds. The Hall–Kier alpha value is -1.30. The molecule has 0 spiro atoms. The van der Waals surface area contributed by atoms with Gasteiger partial charge in [-0.25, -0.2) is 0 Å². The molecule has 0 bridgehead atoms. The van der Waals surface area contributed by atoms with Crippen LogP contribution in [0.1, 0.15) is 18.5 Å². The number of ether oxygens (including phenoxy) is 1. The molecule has 0 radical (unpaired) electrons. The van der Waals surface area contributed by atoms with Crippen molar-refractivity contribution in [3.63, 3.8) is 0 Å². The van der Waals surface area contributed by atoms with Gasteiger partial charge in [-0.05, 0) is 13.0 Å². The molecule has 17 heavy (non-hydrogen) atoms. The van der Waals surface area contributed by atoms with Crippen molar-refractivity contribution in [2.75, 3.05) is 26.4 Å². The average Bonchev–Trinajstić information content (AvgIpc) is 2.28. The second kappa shape index (κ2) is 7.11. The van der Waals surface area contributed by atoms with E-state index in [9.17, 15) is 5.11 Å². The zero-order valence-electron chi connectivity index (χ0n) is 9.89. The number of aliphatic hydroxyl groups is 1. The van der Waals surface area contributed by atoms with Crippen LogP contribution >= 0.6 is 0 Å². The first-order valence-corrected chi connectivity index (χ1v) is 5.59. The van der Waals surface area contributed by atoms with Gasteiger partial charge in [-0.1, -0.05) is 6.07 Å². The highest BCUT2D eigenvalue weighted by Crippen LogP contribution is 2.27. The summed E-state index contributed by atoms with van der Waals surface area (Å²) in [7, 11) is 0. The minimum absolute atomic E-state index is 0.0221. The number of hydrogen-bond donors (Lipinski definition) is 4. The van der Waals surface area contributed by atoms with E-state index in [0.29, 0.717) is 19.8 Å². The quantitative estimate of drug-likeness (QED) is 0.530. The summed E-state index contributed by atoms with van der Waals surface area (Å²) in [6.07, 6.45) is 0. The summed E-state index contributed by atoms with van der Waals surface area (Å²) in [5, 5.41) is 30.5. The zero-order valence-corrected chi connectivity index (χ0v) is 9.89. The van der Waals surface area contributed by atoms with Gasteiger partial charge >= 0.3 is 0 Å². The van der Waals surface area contributed by atoms with E-state index in [1.165, 1.54) is 12.1 Å². The number of nitrogens with one attached hydrogen (secondary N) is 1. The van der Waals surface area contributed by atoms with E-state index in [4.69, 9.17) is 14.9 Å². The lowest BCUT2D eigenvalue weighted by Gasteiger charge is -2.15. The smallest absolute Gasteiger partial charge is 0.124 e. The maximum atomic E-state index is 9.64. The van der Waals surface area contributed by atoms with Crippen molar-refractivity contribution >= 4 is 0 Å². The Morgan fingerprint density at radius 3 is 2.71 bits per heavy atom. The van der Waals surface area contributed by atoms with Gasteiger partial charge in [0.2, 0.25) is 0 Å². The molecule has 0 aliphatic rings. The van der Waals surface area contributed by atoms with Gasteiger partial charge in [-0.3, -0.25) is 0 Å². The molecule has 0 fully saturated rings. The van der Waals surface area contributed by atoms with Gasteiger partial charge < -0.3 is 25.4 Å². The Morgan fingerprint density at radius 1 is 1.29 bits per heavy atom. The average molecular weight is 241 g/mol. The molecule has 96 valence electrons. The second-order valence-electron chi connectivity index (χ2n) is 3.75. The van der Waals surface area contributed by atoms with Crippen LogP contribution in [0.5, 0.6) is 11.5 Å². The van der Waals surface area contributed by atoms with Crippen LogP contribution in [0.2, 0.25) is 0 Å². The number of phenolic OH excluding ortho intramolecular Hbond substituents is 2. The number of aromatic hydroxyl groups is 2. The lowest BCUT2D eigenvalue weighted by Crippen LogP contribution is -2.23. The standard InChI is InChI=1S/C12H19NO4/c1-9(13-4-6-17-7-5-14)11-3-2-10(15)8-12(11)16/h2-3,8-9,13-16H,4-7H2,1H3. The van der Waals surface area contributed by atoms with E-state index in [2.05, 4.69) is 5.32 Å². The summed E-state index contributed by atoms with van der Waals surface area (Å²) in [6.45, 7) is 3.40. The lowest BCUT2D eigenvalue weighted by atomic mass is 10.1. The normalized spacial score (nSPS) is 12.6. The zero-order chi connectivity index (χ0) is 12.7. The molecule has 1 unspecified atom stereocenters. The van der Waals surface area contributed by atoms with Gasteiger partial charge in [0.1, 0.15) is 11.5 Å². The summed E-state index contributed by atoms with van der Waals surface area (Å²) < 4.78 is 5.10. The van der Waals surface area contributed by atoms with Crippen molar-refractivity contribution in [1.82, 2.24) is 5.32 Å². The summed E-state index contributed by atoms with van der Waals surface area (Å²) in [5.74, 6) is 0.117. The van der Waals surface area contributed by atoms with E-state index in [-0.39, 0.29) is 24.1 Å². The molecular formula is C12H19NO4. The molecule has 1 rings (SSSR count). The molecular weight excluding hydrogens is 222 g/mol. The highest BCUT2D eigenvalue weighted by molar-refractivity contribution is 5.40. The third-order valence-electron chi connectivity index (χ3n) is 2.41. The number of hydrogen-bond acceptors (Lipinski definition) is 5. The Bertz CT molecular complexity index is 343. The minimum Gasteiger partial charge on any atom is -0.508 e. The Morgan fingerprint density at radius 2 is 2.06 bits per heavy atom. The molecule has 1 aromatic rings. The predicted molar refractivity (Wildman–Crippen MR) is 64.1 cm³/mol. The van der Waals surface area contributed by atoms with Crippen molar-refractivity contribution in [3.05, 3.63) is 23.8 Å². The third kappa shape index (κ3) is 4.60. The van der Waals surface area contributed by atoms with Crippen molar-refractivity contribution in [2.24, 2.45) is 0 Å². The van der Waals surface area contributed by atoms with E-state index in [0.717, 1.165) is 5.56 Å². The highest BCUT2D eigenvalue weighted by atomic mass is 16.5. The van der Waals surface area contributed by atoms with Crippen molar-refractivity contribution in [1.29, 1.82) is 0 Å². The number of phenols is 2. The van der Waals surface area contributed by atoms with Crippen molar-refractivity contribution < 1.29 is 20.1 Å². The van der Waals surface area contributed by atoms with E-state index in [1.807, 2.05) is 6.92 Å². The fourth-order valence-electron chi connectivity index (χ4n) is 1.52. The van der Waals surface area contributed by atoms with Crippen LogP contribution in [0.15, 0.2) is 18.2 Å². The molecule has 0 aromatic heterocycles. The molecule has 5 heteroatoms. The minimum atomic E-state index is -0.0340. The fourth-order valence-corrected chi connectivity index (χ4v) is 1.52. The topological polar surface area (TPSA) is 82.0 Å². The number of benzene rings is 1. The summed E-state index contributed by atoms with van der Waals surface area (Å²) in [6, 6.07) is 4.50. The summed E-state index contributed by atoms with van der Waals surface area (Å²) in [4.78, 5) is 0. The Balaban J connectivity index is 2.38. The summed E-state index contributed by atoms with van der Waals surface area (Å²) in [5.41, 5.74) is 0.727. The molecule has 0 aliphatic heterocycles. The predicted octanol–water partition coefficient (Wildman–Crippen LogP) is 0.757. The molecule has 0 aliphatic carbocycles. The molecule has 1 atom stereocenters. The molecule has 0 saturated heterocycles. The molecule has 0 heterocycles. The highest BCUT2D eigenvalue weighted by Gasteiger charge is 2.09. The largest absolute Gasteiger partial charge is 0.508 e. The lowest BCUT2D eigenvalue weighted by molar-refractivity contribution is 0.0928. The molecule has 4 N–H and O–H groups in total. The first-order valence-electron chi connectivity index (χ1n) is 5.59. The van der Waals surface area contributed by atoms with Gasteiger partial charge in [0.05, 0.1) is 19.8 Å². The first-order chi connectivity index (χ1) is 8.15. The van der Waals surface area contributed by atoms with E-state index in [1.54, 1.807) is 6.07 Å². The van der Waals surface area contributed by atoms with Crippen LogP contribution in [-0.4, -0.2) is 41.7 Å². The van der Waals surface area contributed by atoms with Crippen LogP contribution < -0.4 is 5.32 Å². The van der Waals surface area contributed by atoms with Crippen LogP contribution in [0.4, 0.5) is 0 Å². The van der Waals surface area contributed by atoms with Crippen molar-refractivity contribution in [3.8, 4) is 11.5 Å². The van der Waals surface area contributed by atoms with Gasteiger partial charge in [0.15, 0.2) is 0 Å². The van der Waals surface area contributed by atoms with E-state index >= 15 is 0 Å². The van der Waals surface area contributed by atoms with Crippen LogP contribution in [0.25, 0.3) is 0 Å². The summed E-state index contributed by atoms with van der Waals surface area (Å²) >= 11 is 0. The maximum Gasteiger partial charge on any atom is 0.124 e. The van der Waals surface area contributed by atoms with E-state index < -0.39 is 0 Å². The van der Waals surface area contributed by atoms with Gasteiger partial charge in [-0.15, -0.1) is 0 Å². The van der Waals surface area contributed by atoms with Crippen LogP contribution in [-0.2, 0) is 4.74 Å². The fraction of sp³-hybridized carbons (Fsp3) is 0.500. The Kier molecular flexibility index (Phi) is 5.76. The van der Waals surface area contributed by atoms with Gasteiger partial charge in [0, 0.05) is 24.2 Å². The van der Waals surface area contributed by atoms with Crippen LogP contribution in [0, 0.1) is 0 Å². The monoisotopic (exact) mass is 241 g/mol. The molecule has 0 saturated carbocycles. The SMILES string of the molecule is CC(NCCOCCO)c1ccc(O)cc1O. The first kappa shape index (κ1) is 13.8. The van der Waals surface area contributed by atoms with Crippen molar-refractivity contribution in [2.45, 2.75) is 13.0 Å². The van der Waals surface area contributed by atoms with Gasteiger partial charge in [0.25, 0.3) is 0 Å². The molecule has 1 aromatic carbocycles. The Labute approximate surface area is 101 Å². The third-order valence-corrected chi connectivity index (χ3v) is 2.41. The van der Waals surface area contributed by atoms with Crippen LogP contribution in [0.3, 0.4) is 0 Å². The second-order valence-corrected chi connectivity index (χ2v) is 3.75. The van der Waals surface area contributed by atoms with Gasteiger partial charge in [-0.2, -0.15) is 0 Å². The number of rotatable bonds is 7.